The summed E-state index contributed by atoms with van der Waals surface area (Å²) in [6.45, 7) is 2.91. The van der Waals surface area contributed by atoms with Crippen molar-refractivity contribution >= 4 is 23.5 Å². The van der Waals surface area contributed by atoms with E-state index in [2.05, 4.69) is 5.32 Å². The van der Waals surface area contributed by atoms with Crippen LogP contribution in [0.25, 0.3) is 0 Å². The average Bonchev–Trinajstić information content (AvgIpc) is 3.05. The highest BCUT2D eigenvalue weighted by Crippen LogP contribution is 2.31. The Hall–Kier alpha value is -2.61. The van der Waals surface area contributed by atoms with E-state index in [0.717, 1.165) is 12.8 Å². The lowest BCUT2D eigenvalue weighted by molar-refractivity contribution is -0.130. The van der Waals surface area contributed by atoms with Crippen LogP contribution >= 0.6 is 0 Å². The lowest BCUT2D eigenvalue weighted by Crippen LogP contribution is -2.45. The van der Waals surface area contributed by atoms with Crippen LogP contribution in [0.4, 0.5) is 10.5 Å². The van der Waals surface area contributed by atoms with E-state index >= 15 is 0 Å². The fourth-order valence-electron chi connectivity index (χ4n) is 4.28. The highest BCUT2D eigenvalue weighted by atomic mass is 16.5. The second-order valence-corrected chi connectivity index (χ2v) is 7.68. The summed E-state index contributed by atoms with van der Waals surface area (Å²) >= 11 is 0. The number of amides is 4. The number of nitrogens with zero attached hydrogens (tertiary/aromatic N) is 3. The van der Waals surface area contributed by atoms with Crippen LogP contribution in [0.1, 0.15) is 29.6 Å². The van der Waals surface area contributed by atoms with Crippen molar-refractivity contribution in [3.8, 4) is 0 Å². The van der Waals surface area contributed by atoms with E-state index in [1.54, 1.807) is 41.1 Å². The number of morpholine rings is 1. The van der Waals surface area contributed by atoms with Gasteiger partial charge in [-0.15, -0.1) is 0 Å². The molecule has 1 aromatic rings. The molecule has 0 aliphatic carbocycles. The van der Waals surface area contributed by atoms with Crippen LogP contribution in [0.15, 0.2) is 24.3 Å². The highest BCUT2D eigenvalue weighted by molar-refractivity contribution is 5.96. The summed E-state index contributed by atoms with van der Waals surface area (Å²) in [5, 5.41) is 2.93. The van der Waals surface area contributed by atoms with Gasteiger partial charge in [0.05, 0.1) is 19.3 Å². The number of ether oxygens (including phenoxy) is 1. The normalized spacial score (nSPS) is 24.9. The molecule has 2 unspecified atom stereocenters. The maximum Gasteiger partial charge on any atom is 0.322 e. The number of carbonyl (C=O) groups excluding carboxylic acids is 3. The van der Waals surface area contributed by atoms with Gasteiger partial charge in [0.15, 0.2) is 0 Å². The largest absolute Gasteiger partial charge is 0.378 e. The molecule has 8 heteroatoms. The molecule has 1 aromatic carbocycles. The lowest BCUT2D eigenvalue weighted by Gasteiger charge is -2.28. The minimum atomic E-state index is -0.178. The van der Waals surface area contributed by atoms with Gasteiger partial charge in [0.1, 0.15) is 0 Å². The SMILES string of the molecule is CN1CC2CCC(CC1=O)N2C(=O)Nc1ccc(C(=O)N2CCOCC2)cc1. The Labute approximate surface area is 164 Å². The van der Waals surface area contributed by atoms with Crippen LogP contribution in [-0.2, 0) is 9.53 Å². The van der Waals surface area contributed by atoms with Gasteiger partial charge in [0.2, 0.25) is 5.91 Å². The molecule has 150 valence electrons. The fourth-order valence-corrected chi connectivity index (χ4v) is 4.28. The highest BCUT2D eigenvalue weighted by Gasteiger charge is 2.42. The smallest absolute Gasteiger partial charge is 0.322 e. The van der Waals surface area contributed by atoms with Crippen molar-refractivity contribution in [3.63, 3.8) is 0 Å². The van der Waals surface area contributed by atoms with Crippen LogP contribution in [0.2, 0.25) is 0 Å². The summed E-state index contributed by atoms with van der Waals surface area (Å²) in [5.74, 6) is 0.0734. The summed E-state index contributed by atoms with van der Waals surface area (Å²) in [7, 11) is 1.79. The van der Waals surface area contributed by atoms with E-state index in [-0.39, 0.29) is 29.9 Å². The molecule has 2 atom stereocenters. The third-order valence-corrected chi connectivity index (χ3v) is 5.86. The van der Waals surface area contributed by atoms with Gasteiger partial charge >= 0.3 is 6.03 Å². The molecule has 0 radical (unpaired) electrons. The molecule has 28 heavy (non-hydrogen) atoms. The molecular weight excluding hydrogens is 360 g/mol. The molecular formula is C20H26N4O4. The summed E-state index contributed by atoms with van der Waals surface area (Å²) < 4.78 is 5.28. The van der Waals surface area contributed by atoms with Gasteiger partial charge in [-0.1, -0.05) is 0 Å². The first-order valence-electron chi connectivity index (χ1n) is 9.83. The van der Waals surface area contributed by atoms with Gasteiger partial charge in [-0.05, 0) is 37.1 Å². The van der Waals surface area contributed by atoms with Crippen molar-refractivity contribution in [2.24, 2.45) is 0 Å². The maximum atomic E-state index is 12.9. The van der Waals surface area contributed by atoms with Gasteiger partial charge in [-0.3, -0.25) is 9.59 Å². The number of hydrogen-bond donors (Lipinski definition) is 1. The number of likely N-dealkylation sites (tertiary alicyclic amines) is 1. The van der Waals surface area contributed by atoms with E-state index in [4.69, 9.17) is 4.74 Å². The molecule has 3 aliphatic rings. The summed E-state index contributed by atoms with van der Waals surface area (Å²) in [4.78, 5) is 42.8. The summed E-state index contributed by atoms with van der Waals surface area (Å²) in [6.07, 6.45) is 2.17. The van der Waals surface area contributed by atoms with E-state index in [1.807, 2.05) is 4.90 Å². The van der Waals surface area contributed by atoms with Gasteiger partial charge in [0.25, 0.3) is 5.91 Å². The molecule has 0 spiro atoms. The fraction of sp³-hybridized carbons (Fsp3) is 0.550. The van der Waals surface area contributed by atoms with Crippen molar-refractivity contribution in [1.29, 1.82) is 0 Å². The molecule has 4 rings (SSSR count). The number of likely N-dealkylation sites (N-methyl/N-ethyl adjacent to an activating group) is 1. The zero-order valence-corrected chi connectivity index (χ0v) is 16.1. The van der Waals surface area contributed by atoms with Crippen LogP contribution in [0, 0.1) is 0 Å². The number of benzene rings is 1. The molecule has 3 aliphatic heterocycles. The molecule has 0 aromatic heterocycles. The monoisotopic (exact) mass is 386 g/mol. The summed E-state index contributed by atoms with van der Waals surface area (Å²) in [6, 6.07) is 6.82. The number of hydrogen-bond acceptors (Lipinski definition) is 4. The van der Waals surface area contributed by atoms with Crippen molar-refractivity contribution in [2.75, 3.05) is 45.2 Å². The second kappa shape index (κ2) is 7.79. The first-order valence-corrected chi connectivity index (χ1v) is 9.83. The predicted molar refractivity (Wildman–Crippen MR) is 103 cm³/mol. The number of nitrogens with one attached hydrogen (secondary N) is 1. The average molecular weight is 386 g/mol. The van der Waals surface area contributed by atoms with E-state index in [9.17, 15) is 14.4 Å². The Morgan fingerprint density at radius 2 is 1.75 bits per heavy atom. The van der Waals surface area contributed by atoms with Crippen molar-refractivity contribution in [3.05, 3.63) is 29.8 Å². The second-order valence-electron chi connectivity index (χ2n) is 7.68. The minimum Gasteiger partial charge on any atom is -0.378 e. The Morgan fingerprint density at radius 3 is 2.46 bits per heavy atom. The maximum absolute atomic E-state index is 12.9. The predicted octanol–water partition coefficient (Wildman–Crippen LogP) is 1.39. The van der Waals surface area contributed by atoms with Crippen molar-refractivity contribution in [1.82, 2.24) is 14.7 Å². The Kier molecular flexibility index (Phi) is 5.21. The molecule has 3 saturated heterocycles. The Morgan fingerprint density at radius 1 is 1.07 bits per heavy atom. The van der Waals surface area contributed by atoms with Crippen LogP contribution in [-0.4, -0.2) is 84.5 Å². The zero-order chi connectivity index (χ0) is 19.7. The first kappa shape index (κ1) is 18.7. The molecule has 2 bridgehead atoms. The molecule has 3 heterocycles. The quantitative estimate of drug-likeness (QED) is 0.833. The third kappa shape index (κ3) is 3.69. The number of carbonyl (C=O) groups is 3. The number of fused-ring (bicyclic) bond motifs is 2. The number of anilines is 1. The van der Waals surface area contributed by atoms with Gasteiger partial charge < -0.3 is 24.8 Å². The first-order chi connectivity index (χ1) is 13.5. The van der Waals surface area contributed by atoms with E-state index in [0.29, 0.717) is 50.5 Å². The molecule has 1 N–H and O–H groups in total. The Balaban J connectivity index is 1.41. The minimum absolute atomic E-state index is 0.0201. The van der Waals surface area contributed by atoms with Crippen LogP contribution in [0.3, 0.4) is 0 Å². The lowest BCUT2D eigenvalue weighted by atomic mass is 10.1. The van der Waals surface area contributed by atoms with Crippen molar-refractivity contribution in [2.45, 2.75) is 31.3 Å². The van der Waals surface area contributed by atoms with Gasteiger partial charge in [-0.25, -0.2) is 4.79 Å². The zero-order valence-electron chi connectivity index (χ0n) is 16.1. The molecule has 3 fully saturated rings. The van der Waals surface area contributed by atoms with E-state index < -0.39 is 0 Å². The van der Waals surface area contributed by atoms with Gasteiger partial charge in [0, 0.05) is 50.4 Å². The van der Waals surface area contributed by atoms with Crippen LogP contribution < -0.4 is 5.32 Å². The Bertz CT molecular complexity index is 760. The summed E-state index contributed by atoms with van der Waals surface area (Å²) in [5.41, 5.74) is 1.24. The number of rotatable bonds is 2. The standard InChI is InChI=1S/C20H26N4O4/c1-22-13-17-7-6-16(12-18(22)25)24(17)20(27)21-15-4-2-14(3-5-15)19(26)23-8-10-28-11-9-23/h2-5,16-17H,6-13H2,1H3,(H,21,27). The topological polar surface area (TPSA) is 82.2 Å². The van der Waals surface area contributed by atoms with Crippen molar-refractivity contribution < 1.29 is 19.1 Å². The van der Waals surface area contributed by atoms with Crippen LogP contribution in [0.5, 0.6) is 0 Å². The molecule has 0 saturated carbocycles. The molecule has 8 nitrogen and oxygen atoms in total. The molecule has 4 amide bonds. The van der Waals surface area contributed by atoms with Gasteiger partial charge in [-0.2, -0.15) is 0 Å². The van der Waals surface area contributed by atoms with E-state index in [1.165, 1.54) is 0 Å². The third-order valence-electron chi connectivity index (χ3n) is 5.86. The number of urea groups is 1.